The Kier molecular flexibility index (Phi) is 6.17. The summed E-state index contributed by atoms with van der Waals surface area (Å²) in [5.74, 6) is -0.188. The Morgan fingerprint density at radius 3 is 2.48 bits per heavy atom. The highest BCUT2D eigenvalue weighted by Gasteiger charge is 2.19. The Morgan fingerprint density at radius 1 is 1.08 bits per heavy atom. The summed E-state index contributed by atoms with van der Waals surface area (Å²) in [4.78, 5) is 12.7. The average molecular weight is 341 g/mol. The highest BCUT2D eigenvalue weighted by Crippen LogP contribution is 2.18. The van der Waals surface area contributed by atoms with Crippen LogP contribution in [0.5, 0.6) is 0 Å². The molecule has 1 amide bonds. The second-order valence-electron chi connectivity index (χ2n) is 5.99. The van der Waals surface area contributed by atoms with E-state index in [1.54, 1.807) is 6.07 Å². The molecule has 5 nitrogen and oxygen atoms in total. The zero-order chi connectivity index (χ0) is 17.5. The van der Waals surface area contributed by atoms with Crippen LogP contribution in [0, 0.1) is 0 Å². The SMILES string of the molecule is O=C(N[C@@H](CO)c1ccccc1)c1ccccc1CCC1OCCO1. The molecule has 2 aromatic carbocycles. The van der Waals surface area contributed by atoms with Crippen molar-refractivity contribution in [1.82, 2.24) is 5.32 Å². The summed E-state index contributed by atoms with van der Waals surface area (Å²) >= 11 is 0. The number of aliphatic hydroxyl groups excluding tert-OH is 1. The minimum Gasteiger partial charge on any atom is -0.394 e. The van der Waals surface area contributed by atoms with Gasteiger partial charge in [-0.25, -0.2) is 0 Å². The van der Waals surface area contributed by atoms with Gasteiger partial charge in [0.2, 0.25) is 0 Å². The van der Waals surface area contributed by atoms with E-state index in [0.29, 0.717) is 31.6 Å². The summed E-state index contributed by atoms with van der Waals surface area (Å²) in [5.41, 5.74) is 2.45. The topological polar surface area (TPSA) is 67.8 Å². The molecule has 2 N–H and O–H groups in total. The van der Waals surface area contributed by atoms with Gasteiger partial charge in [0, 0.05) is 12.0 Å². The number of hydrogen-bond donors (Lipinski definition) is 2. The summed E-state index contributed by atoms with van der Waals surface area (Å²) in [6.45, 7) is 1.10. The van der Waals surface area contributed by atoms with Crippen LogP contribution < -0.4 is 5.32 Å². The molecule has 0 radical (unpaired) electrons. The van der Waals surface area contributed by atoms with Crippen molar-refractivity contribution in [1.29, 1.82) is 0 Å². The standard InChI is InChI=1S/C20H23NO4/c22-14-18(16-7-2-1-3-8-16)21-20(23)17-9-5-4-6-15(17)10-11-19-24-12-13-25-19/h1-9,18-19,22H,10-14H2,(H,21,23)/t18-/m0/s1. The van der Waals surface area contributed by atoms with E-state index < -0.39 is 6.04 Å². The van der Waals surface area contributed by atoms with Gasteiger partial charge in [-0.3, -0.25) is 4.79 Å². The molecule has 2 aromatic rings. The summed E-state index contributed by atoms with van der Waals surface area (Å²) in [6.07, 6.45) is 1.22. The number of aryl methyl sites for hydroxylation is 1. The van der Waals surface area contributed by atoms with E-state index in [2.05, 4.69) is 5.32 Å². The van der Waals surface area contributed by atoms with Crippen LogP contribution in [-0.4, -0.2) is 37.1 Å². The number of ether oxygens (including phenoxy) is 2. The van der Waals surface area contributed by atoms with Crippen molar-refractivity contribution < 1.29 is 19.4 Å². The van der Waals surface area contributed by atoms with E-state index in [1.807, 2.05) is 48.5 Å². The van der Waals surface area contributed by atoms with Gasteiger partial charge in [0.25, 0.3) is 5.91 Å². The fraction of sp³-hybridized carbons (Fsp3) is 0.350. The zero-order valence-corrected chi connectivity index (χ0v) is 14.1. The van der Waals surface area contributed by atoms with Gasteiger partial charge in [-0.15, -0.1) is 0 Å². The second kappa shape index (κ2) is 8.76. The summed E-state index contributed by atoms with van der Waals surface area (Å²) in [6, 6.07) is 16.6. The fourth-order valence-corrected chi connectivity index (χ4v) is 2.96. The van der Waals surface area contributed by atoms with Crippen LogP contribution in [0.4, 0.5) is 0 Å². The van der Waals surface area contributed by atoms with Crippen LogP contribution in [0.2, 0.25) is 0 Å². The summed E-state index contributed by atoms with van der Waals surface area (Å²) < 4.78 is 10.9. The molecule has 5 heteroatoms. The normalized spacial score (nSPS) is 15.9. The molecule has 1 fully saturated rings. The first-order chi connectivity index (χ1) is 12.3. The molecule has 0 bridgehead atoms. The number of hydrogen-bond acceptors (Lipinski definition) is 4. The van der Waals surface area contributed by atoms with Crippen molar-refractivity contribution in [2.75, 3.05) is 19.8 Å². The number of nitrogens with one attached hydrogen (secondary N) is 1. The summed E-state index contributed by atoms with van der Waals surface area (Å²) in [7, 11) is 0. The molecule has 25 heavy (non-hydrogen) atoms. The Hall–Kier alpha value is -2.21. The molecule has 0 aliphatic carbocycles. The maximum atomic E-state index is 12.7. The predicted octanol–water partition coefficient (Wildman–Crippen LogP) is 2.46. The van der Waals surface area contributed by atoms with Crippen LogP contribution in [0.25, 0.3) is 0 Å². The van der Waals surface area contributed by atoms with E-state index >= 15 is 0 Å². The van der Waals surface area contributed by atoms with Crippen LogP contribution in [-0.2, 0) is 15.9 Å². The minimum atomic E-state index is -0.428. The van der Waals surface area contributed by atoms with E-state index in [0.717, 1.165) is 11.1 Å². The van der Waals surface area contributed by atoms with Gasteiger partial charge in [-0.05, 0) is 23.6 Å². The van der Waals surface area contributed by atoms with E-state index in [-0.39, 0.29) is 18.8 Å². The first kappa shape index (κ1) is 17.6. The molecule has 0 spiro atoms. The highest BCUT2D eigenvalue weighted by atomic mass is 16.7. The van der Waals surface area contributed by atoms with Gasteiger partial charge < -0.3 is 19.9 Å². The monoisotopic (exact) mass is 341 g/mol. The lowest BCUT2D eigenvalue weighted by atomic mass is 10.0. The number of carbonyl (C=O) groups is 1. The summed E-state index contributed by atoms with van der Waals surface area (Å²) in [5, 5.41) is 12.6. The number of rotatable bonds is 7. The quantitative estimate of drug-likeness (QED) is 0.812. The molecule has 132 valence electrons. The second-order valence-corrected chi connectivity index (χ2v) is 5.99. The number of carbonyl (C=O) groups excluding carboxylic acids is 1. The molecular weight excluding hydrogens is 318 g/mol. The Bertz CT molecular complexity index is 683. The largest absolute Gasteiger partial charge is 0.394 e. The maximum Gasteiger partial charge on any atom is 0.252 e. The van der Waals surface area contributed by atoms with Crippen molar-refractivity contribution in [2.24, 2.45) is 0 Å². The van der Waals surface area contributed by atoms with Crippen LogP contribution in [0.15, 0.2) is 54.6 Å². The Morgan fingerprint density at radius 2 is 1.76 bits per heavy atom. The van der Waals surface area contributed by atoms with Gasteiger partial charge in [0.15, 0.2) is 6.29 Å². The molecule has 1 atom stereocenters. The van der Waals surface area contributed by atoms with E-state index in [4.69, 9.17) is 9.47 Å². The molecule has 0 unspecified atom stereocenters. The van der Waals surface area contributed by atoms with Crippen molar-refractivity contribution in [3.63, 3.8) is 0 Å². The fourth-order valence-electron chi connectivity index (χ4n) is 2.96. The van der Waals surface area contributed by atoms with E-state index in [1.165, 1.54) is 0 Å². The van der Waals surface area contributed by atoms with Gasteiger partial charge in [-0.2, -0.15) is 0 Å². The van der Waals surface area contributed by atoms with Gasteiger partial charge >= 0.3 is 0 Å². The predicted molar refractivity (Wildman–Crippen MR) is 94.2 cm³/mol. The van der Waals surface area contributed by atoms with Crippen molar-refractivity contribution in [3.05, 3.63) is 71.3 Å². The van der Waals surface area contributed by atoms with Crippen LogP contribution >= 0.6 is 0 Å². The van der Waals surface area contributed by atoms with Crippen LogP contribution in [0.3, 0.4) is 0 Å². The molecule has 1 saturated heterocycles. The van der Waals surface area contributed by atoms with Crippen LogP contribution in [0.1, 0.15) is 33.9 Å². The van der Waals surface area contributed by atoms with Gasteiger partial charge in [0.1, 0.15) is 0 Å². The Labute approximate surface area is 147 Å². The Balaban J connectivity index is 1.68. The third kappa shape index (κ3) is 4.66. The minimum absolute atomic E-state index is 0.151. The lowest BCUT2D eigenvalue weighted by Crippen LogP contribution is -2.31. The molecule has 1 heterocycles. The third-order valence-corrected chi connectivity index (χ3v) is 4.29. The molecular formula is C20H23NO4. The number of benzene rings is 2. The maximum absolute atomic E-state index is 12.7. The molecule has 3 rings (SSSR count). The molecule has 1 aliphatic rings. The van der Waals surface area contributed by atoms with Crippen molar-refractivity contribution in [2.45, 2.75) is 25.2 Å². The molecule has 1 aliphatic heterocycles. The van der Waals surface area contributed by atoms with E-state index in [9.17, 15) is 9.90 Å². The van der Waals surface area contributed by atoms with Gasteiger partial charge in [-0.1, -0.05) is 48.5 Å². The molecule has 0 aromatic heterocycles. The smallest absolute Gasteiger partial charge is 0.252 e. The molecule has 0 saturated carbocycles. The lowest BCUT2D eigenvalue weighted by Gasteiger charge is -2.18. The van der Waals surface area contributed by atoms with Crippen molar-refractivity contribution in [3.8, 4) is 0 Å². The first-order valence-electron chi connectivity index (χ1n) is 8.55. The third-order valence-electron chi connectivity index (χ3n) is 4.29. The lowest BCUT2D eigenvalue weighted by molar-refractivity contribution is -0.0462. The number of aliphatic hydroxyl groups is 1. The highest BCUT2D eigenvalue weighted by molar-refractivity contribution is 5.96. The number of amides is 1. The average Bonchev–Trinajstić information content (AvgIpc) is 3.19. The van der Waals surface area contributed by atoms with Crippen molar-refractivity contribution >= 4 is 5.91 Å². The first-order valence-corrected chi connectivity index (χ1v) is 8.55. The zero-order valence-electron chi connectivity index (χ0n) is 14.1. The van der Waals surface area contributed by atoms with Gasteiger partial charge in [0.05, 0.1) is 25.9 Å².